The monoisotopic (exact) mass is 740 g/mol. The third-order valence-electron chi connectivity index (χ3n) is 9.42. The summed E-state index contributed by atoms with van der Waals surface area (Å²) in [5, 5.41) is 10.8. The van der Waals surface area contributed by atoms with Crippen molar-refractivity contribution in [1.29, 1.82) is 0 Å². The van der Waals surface area contributed by atoms with Gasteiger partial charge in [0, 0.05) is 0 Å². The summed E-state index contributed by atoms with van der Waals surface area (Å²) in [4.78, 5) is 0. The molecule has 7 aromatic carbocycles. The van der Waals surface area contributed by atoms with Gasteiger partial charge in [-0.25, -0.2) is 5.57 Å². The fourth-order valence-corrected chi connectivity index (χ4v) is 7.20. The van der Waals surface area contributed by atoms with E-state index >= 15 is 0 Å². The summed E-state index contributed by atoms with van der Waals surface area (Å²) in [7, 11) is 0. The molecule has 0 saturated heterocycles. The molecule has 0 aliphatic heterocycles. The fraction of sp³-hybridized carbons (Fsp3) is 0.156. The number of halogens is 2. The SMILES string of the molecule is CC1=[C-]C(C)C(C)=C1C.Cc1ccc([C](=[Zr+2])c2ccc(C)cc2)cc1.[Cl-].[Cl-].c1ccc2c(c1)[cH-]c1c3ccccc3c3ccccc3c21. The van der Waals surface area contributed by atoms with E-state index < -0.39 is 0 Å². The molecule has 8 rings (SSSR count). The molecule has 48 heavy (non-hydrogen) atoms. The van der Waals surface area contributed by atoms with Crippen molar-refractivity contribution in [2.75, 3.05) is 0 Å². The second-order valence-electron chi connectivity index (χ2n) is 12.5. The number of rotatable bonds is 2. The van der Waals surface area contributed by atoms with Gasteiger partial charge in [-0.1, -0.05) is 104 Å². The quantitative estimate of drug-likeness (QED) is 0.147. The molecule has 0 amide bonds. The Bertz CT molecular complexity index is 2220. The van der Waals surface area contributed by atoms with Crippen molar-refractivity contribution in [2.24, 2.45) is 5.92 Å². The van der Waals surface area contributed by atoms with E-state index in [4.69, 9.17) is 0 Å². The topological polar surface area (TPSA) is 0 Å². The van der Waals surface area contributed by atoms with Gasteiger partial charge in [0.15, 0.2) is 0 Å². The Labute approximate surface area is 313 Å². The minimum atomic E-state index is 0. The van der Waals surface area contributed by atoms with Gasteiger partial charge < -0.3 is 24.8 Å². The van der Waals surface area contributed by atoms with Crippen LogP contribution in [0.4, 0.5) is 0 Å². The van der Waals surface area contributed by atoms with E-state index in [1.165, 1.54) is 110 Å². The van der Waals surface area contributed by atoms with Crippen LogP contribution in [0.25, 0.3) is 43.1 Å². The van der Waals surface area contributed by atoms with Crippen LogP contribution < -0.4 is 24.8 Å². The largest absolute Gasteiger partial charge is 1.00 e. The van der Waals surface area contributed by atoms with Gasteiger partial charge in [0.05, 0.1) is 0 Å². The minimum absolute atomic E-state index is 0. The van der Waals surface area contributed by atoms with Gasteiger partial charge in [-0.2, -0.15) is 11.1 Å². The van der Waals surface area contributed by atoms with Crippen LogP contribution in [0.3, 0.4) is 0 Å². The van der Waals surface area contributed by atoms with Gasteiger partial charge in [0.1, 0.15) is 0 Å². The molecule has 240 valence electrons. The molecular formula is C45H40Cl2Zr-2. The van der Waals surface area contributed by atoms with Crippen LogP contribution in [0, 0.1) is 25.8 Å². The van der Waals surface area contributed by atoms with E-state index in [0.717, 1.165) is 0 Å². The van der Waals surface area contributed by atoms with Crippen molar-refractivity contribution in [1.82, 2.24) is 0 Å². The average Bonchev–Trinajstić information content (AvgIpc) is 3.58. The Hall–Kier alpha value is -3.48. The second kappa shape index (κ2) is 16.3. The molecule has 0 radical (unpaired) electrons. The maximum atomic E-state index is 3.36. The standard InChI is InChI=1S/C21H13.C15H14.C9H13.2ClH.Zr/c1-2-8-15-14(7-1)13-20-18-11-4-3-9-16(18)17-10-5-6-12-19(17)21(15)20;1-12-3-7-14(8-4-12)11-15-9-5-13(2)6-10-15;1-6-5-7(2)9(4)8(6)3;;;/h1-13H;3-10H,1-2H3;6H,1-4H3;2*1H;/q-1;;-1;;;+2/p-2. The molecule has 3 heteroatoms. The zero-order valence-electron chi connectivity index (χ0n) is 28.5. The van der Waals surface area contributed by atoms with Crippen molar-refractivity contribution in [3.63, 3.8) is 0 Å². The summed E-state index contributed by atoms with van der Waals surface area (Å²) in [6.45, 7) is 12.9. The van der Waals surface area contributed by atoms with Crippen LogP contribution in [0.1, 0.15) is 49.9 Å². The van der Waals surface area contributed by atoms with Crippen LogP contribution >= 0.6 is 0 Å². The van der Waals surface area contributed by atoms with Crippen LogP contribution in [-0.4, -0.2) is 3.21 Å². The number of hydrogen-bond acceptors (Lipinski definition) is 0. The first-order chi connectivity index (χ1) is 22.2. The Balaban J connectivity index is 0.000000172. The number of allylic oxidation sites excluding steroid dienone is 4. The maximum absolute atomic E-state index is 3.36. The van der Waals surface area contributed by atoms with E-state index in [0.29, 0.717) is 5.92 Å². The first-order valence-electron chi connectivity index (χ1n) is 16.1. The predicted octanol–water partition coefficient (Wildman–Crippen LogP) is 6.17. The van der Waals surface area contributed by atoms with E-state index in [2.05, 4.69) is 175 Å². The van der Waals surface area contributed by atoms with E-state index in [-0.39, 0.29) is 24.8 Å². The summed E-state index contributed by atoms with van der Waals surface area (Å²) in [6, 6.07) is 46.0. The summed E-state index contributed by atoms with van der Waals surface area (Å²) >= 11 is 1.46. The molecule has 0 nitrogen and oxygen atoms in total. The fourth-order valence-electron chi connectivity index (χ4n) is 6.38. The molecule has 1 unspecified atom stereocenters. The van der Waals surface area contributed by atoms with E-state index in [1.54, 1.807) is 0 Å². The molecule has 1 aliphatic rings. The number of benzene rings is 6. The van der Waals surface area contributed by atoms with Crippen molar-refractivity contribution in [3.05, 3.63) is 172 Å². The predicted molar refractivity (Wildman–Crippen MR) is 198 cm³/mol. The van der Waals surface area contributed by atoms with Crippen LogP contribution in [-0.2, 0) is 24.2 Å². The molecular weight excluding hydrogens is 703 g/mol. The molecule has 0 aromatic heterocycles. The molecule has 0 heterocycles. The Kier molecular flexibility index (Phi) is 12.7. The Morgan fingerprint density at radius 3 is 1.46 bits per heavy atom. The van der Waals surface area contributed by atoms with Gasteiger partial charge >= 0.3 is 112 Å². The molecule has 0 fully saturated rings. The number of aryl methyl sites for hydroxylation is 2. The molecule has 0 saturated carbocycles. The number of fused-ring (bicyclic) bond motifs is 8. The van der Waals surface area contributed by atoms with Crippen LogP contribution in [0.5, 0.6) is 0 Å². The minimum Gasteiger partial charge on any atom is -1.00 e. The summed E-state index contributed by atoms with van der Waals surface area (Å²) in [5.74, 6) is 0.560. The van der Waals surface area contributed by atoms with Crippen molar-refractivity contribution >= 4 is 46.3 Å². The van der Waals surface area contributed by atoms with Gasteiger partial charge in [-0.3, -0.25) is 6.08 Å². The van der Waals surface area contributed by atoms with Crippen molar-refractivity contribution < 1.29 is 49.0 Å². The Morgan fingerprint density at radius 2 is 1.00 bits per heavy atom. The zero-order valence-corrected chi connectivity index (χ0v) is 32.4. The summed E-state index contributed by atoms with van der Waals surface area (Å²) < 4.78 is 1.42. The normalized spacial score (nSPS) is 13.7. The molecule has 0 N–H and O–H groups in total. The third kappa shape index (κ3) is 7.71. The smallest absolute Gasteiger partial charge is 0.0255 e. The Morgan fingerprint density at radius 1 is 0.562 bits per heavy atom. The van der Waals surface area contributed by atoms with Gasteiger partial charge in [0.2, 0.25) is 0 Å². The van der Waals surface area contributed by atoms with Crippen molar-refractivity contribution in [2.45, 2.75) is 41.5 Å². The van der Waals surface area contributed by atoms with E-state index in [1.807, 2.05) is 0 Å². The maximum Gasteiger partial charge on any atom is -0.0255 e. The van der Waals surface area contributed by atoms with E-state index in [9.17, 15) is 0 Å². The zero-order chi connectivity index (χ0) is 32.4. The van der Waals surface area contributed by atoms with Crippen LogP contribution in [0.2, 0.25) is 0 Å². The first-order valence-corrected chi connectivity index (χ1v) is 17.3. The molecule has 1 aliphatic carbocycles. The van der Waals surface area contributed by atoms with Gasteiger partial charge in [-0.15, -0.1) is 40.6 Å². The van der Waals surface area contributed by atoms with Gasteiger partial charge in [-0.05, 0) is 10.8 Å². The molecule has 1 atom stereocenters. The molecule has 7 aromatic rings. The first kappa shape index (κ1) is 37.3. The number of hydrogen-bond donors (Lipinski definition) is 0. The third-order valence-corrected chi connectivity index (χ3v) is 10.8. The van der Waals surface area contributed by atoms with Crippen molar-refractivity contribution in [3.8, 4) is 0 Å². The molecule has 0 bridgehead atoms. The molecule has 0 spiro atoms. The average molecular weight is 743 g/mol. The summed E-state index contributed by atoms with van der Waals surface area (Å²) in [5.41, 5.74) is 9.56. The van der Waals surface area contributed by atoms with Gasteiger partial charge in [0.25, 0.3) is 0 Å². The summed E-state index contributed by atoms with van der Waals surface area (Å²) in [6.07, 6.45) is 3.36. The second-order valence-corrected chi connectivity index (χ2v) is 13.7. The van der Waals surface area contributed by atoms with Crippen LogP contribution in [0.15, 0.2) is 144 Å².